The van der Waals surface area contributed by atoms with Gasteiger partial charge in [0, 0.05) is 5.56 Å². The van der Waals surface area contributed by atoms with Crippen LogP contribution in [0.25, 0.3) is 0 Å². The van der Waals surface area contributed by atoms with E-state index in [1.807, 2.05) is 30.3 Å². The van der Waals surface area contributed by atoms with E-state index >= 15 is 0 Å². The molecule has 17 heavy (non-hydrogen) atoms. The van der Waals surface area contributed by atoms with Crippen molar-refractivity contribution in [2.75, 3.05) is 5.01 Å². The first kappa shape index (κ1) is 9.84. The summed E-state index contributed by atoms with van der Waals surface area (Å²) in [5, 5.41) is 5.76. The van der Waals surface area contributed by atoms with Gasteiger partial charge >= 0.3 is 0 Å². The lowest BCUT2D eigenvalue weighted by Crippen LogP contribution is -2.19. The summed E-state index contributed by atoms with van der Waals surface area (Å²) in [4.78, 5) is 11.9. The highest BCUT2D eigenvalue weighted by atomic mass is 16.3. The van der Waals surface area contributed by atoms with E-state index in [9.17, 15) is 4.79 Å². The fourth-order valence-electron chi connectivity index (χ4n) is 1.79. The van der Waals surface area contributed by atoms with Crippen molar-refractivity contribution in [2.45, 2.75) is 6.42 Å². The van der Waals surface area contributed by atoms with Gasteiger partial charge in [-0.3, -0.25) is 4.79 Å². The van der Waals surface area contributed by atoms with Crippen LogP contribution in [0, 0.1) is 0 Å². The maximum absolute atomic E-state index is 11.9. The Kier molecular flexibility index (Phi) is 2.26. The molecule has 2 aromatic rings. The number of hydrazone groups is 1. The molecule has 0 spiro atoms. The van der Waals surface area contributed by atoms with Gasteiger partial charge in [0.05, 0.1) is 30.3 Å². The molecule has 4 nitrogen and oxygen atoms in total. The third-order valence-electron chi connectivity index (χ3n) is 2.63. The molecule has 84 valence electrons. The predicted molar refractivity (Wildman–Crippen MR) is 63.8 cm³/mol. The van der Waals surface area contributed by atoms with Gasteiger partial charge in [0.25, 0.3) is 5.91 Å². The van der Waals surface area contributed by atoms with Gasteiger partial charge in [-0.25, -0.2) is 5.01 Å². The summed E-state index contributed by atoms with van der Waals surface area (Å²) >= 11 is 0. The molecular weight excluding hydrogens is 216 g/mol. The molecule has 3 rings (SSSR count). The van der Waals surface area contributed by atoms with Crippen molar-refractivity contribution in [2.24, 2.45) is 5.10 Å². The highest BCUT2D eigenvalue weighted by Gasteiger charge is 2.26. The lowest BCUT2D eigenvalue weighted by atomic mass is 10.1. The van der Waals surface area contributed by atoms with Crippen LogP contribution in [0.15, 0.2) is 58.4 Å². The number of rotatable bonds is 2. The van der Waals surface area contributed by atoms with Crippen molar-refractivity contribution in [1.82, 2.24) is 0 Å². The molecule has 0 radical (unpaired) electrons. The second kappa shape index (κ2) is 3.90. The van der Waals surface area contributed by atoms with Crippen LogP contribution in [0.3, 0.4) is 0 Å². The first-order valence-corrected chi connectivity index (χ1v) is 5.32. The number of amides is 1. The molecule has 1 aromatic carbocycles. The van der Waals surface area contributed by atoms with E-state index in [1.165, 1.54) is 5.01 Å². The number of furan rings is 1. The minimum atomic E-state index is -0.0209. The molecule has 1 aliphatic rings. The highest BCUT2D eigenvalue weighted by Crippen LogP contribution is 2.22. The second-order valence-electron chi connectivity index (χ2n) is 3.78. The van der Waals surface area contributed by atoms with Crippen LogP contribution in [0.4, 0.5) is 5.69 Å². The summed E-state index contributed by atoms with van der Waals surface area (Å²) in [5.74, 6) is -0.0209. The maximum atomic E-state index is 11.9. The Morgan fingerprint density at radius 3 is 2.71 bits per heavy atom. The van der Waals surface area contributed by atoms with Crippen molar-refractivity contribution >= 4 is 17.3 Å². The lowest BCUT2D eigenvalue weighted by molar-refractivity contribution is -0.116. The number of para-hydroxylation sites is 1. The van der Waals surface area contributed by atoms with Crippen LogP contribution < -0.4 is 5.01 Å². The van der Waals surface area contributed by atoms with Crippen LogP contribution in [-0.2, 0) is 4.79 Å². The van der Waals surface area contributed by atoms with Gasteiger partial charge in [-0.05, 0) is 18.2 Å². The smallest absolute Gasteiger partial charge is 0.253 e. The van der Waals surface area contributed by atoms with E-state index in [1.54, 1.807) is 18.6 Å². The van der Waals surface area contributed by atoms with Gasteiger partial charge in [0.1, 0.15) is 0 Å². The van der Waals surface area contributed by atoms with E-state index in [2.05, 4.69) is 5.10 Å². The Balaban J connectivity index is 1.95. The number of carbonyl (C=O) groups excluding carboxylic acids is 1. The van der Waals surface area contributed by atoms with E-state index in [-0.39, 0.29) is 5.91 Å². The zero-order valence-electron chi connectivity index (χ0n) is 9.04. The molecule has 1 amide bonds. The minimum absolute atomic E-state index is 0.0209. The van der Waals surface area contributed by atoms with E-state index in [0.717, 1.165) is 17.0 Å². The quantitative estimate of drug-likeness (QED) is 0.789. The molecule has 0 bridgehead atoms. The summed E-state index contributed by atoms with van der Waals surface area (Å²) in [5.41, 5.74) is 2.39. The Bertz CT molecular complexity index is 558. The summed E-state index contributed by atoms with van der Waals surface area (Å²) in [6, 6.07) is 11.2. The van der Waals surface area contributed by atoms with Gasteiger partial charge in [-0.2, -0.15) is 5.10 Å². The molecule has 4 heteroatoms. The van der Waals surface area contributed by atoms with Crippen LogP contribution in [-0.4, -0.2) is 11.6 Å². The number of nitrogens with zero attached hydrogens (tertiary/aromatic N) is 2. The normalized spacial score (nSPS) is 15.2. The van der Waals surface area contributed by atoms with Crippen molar-refractivity contribution in [3.8, 4) is 0 Å². The van der Waals surface area contributed by atoms with Crippen LogP contribution >= 0.6 is 0 Å². The molecule has 0 unspecified atom stereocenters. The lowest BCUT2D eigenvalue weighted by Gasteiger charge is -2.10. The molecule has 0 saturated carbocycles. The molecule has 2 heterocycles. The summed E-state index contributed by atoms with van der Waals surface area (Å²) in [6.07, 6.45) is 3.49. The molecular formula is C13H10N2O2. The number of hydrogen-bond donors (Lipinski definition) is 0. The van der Waals surface area contributed by atoms with Gasteiger partial charge in [-0.1, -0.05) is 18.2 Å². The van der Waals surface area contributed by atoms with Gasteiger partial charge in [-0.15, -0.1) is 0 Å². The minimum Gasteiger partial charge on any atom is -0.472 e. The van der Waals surface area contributed by atoms with E-state index in [4.69, 9.17) is 4.42 Å². The summed E-state index contributed by atoms with van der Waals surface area (Å²) < 4.78 is 4.99. The van der Waals surface area contributed by atoms with Crippen LogP contribution in [0.5, 0.6) is 0 Å². The second-order valence-corrected chi connectivity index (χ2v) is 3.78. The Labute approximate surface area is 98.2 Å². The molecule has 0 N–H and O–H groups in total. The Morgan fingerprint density at radius 2 is 2.00 bits per heavy atom. The van der Waals surface area contributed by atoms with Crippen molar-refractivity contribution in [1.29, 1.82) is 0 Å². The standard InChI is InChI=1S/C13H10N2O2/c16-13-8-12(10-6-7-17-9-10)14-15(13)11-4-2-1-3-5-11/h1-7,9H,8H2. The topological polar surface area (TPSA) is 45.8 Å². The molecule has 0 aliphatic carbocycles. The number of anilines is 1. The SMILES string of the molecule is O=C1CC(c2ccoc2)=NN1c1ccccc1. The Morgan fingerprint density at radius 1 is 1.18 bits per heavy atom. The maximum Gasteiger partial charge on any atom is 0.253 e. The molecule has 1 aliphatic heterocycles. The highest BCUT2D eigenvalue weighted by molar-refractivity contribution is 6.19. The summed E-state index contributed by atoms with van der Waals surface area (Å²) in [7, 11) is 0. The van der Waals surface area contributed by atoms with Crippen LogP contribution in [0.2, 0.25) is 0 Å². The first-order chi connectivity index (χ1) is 8.34. The number of benzene rings is 1. The van der Waals surface area contributed by atoms with Crippen molar-refractivity contribution in [3.05, 3.63) is 54.5 Å². The van der Waals surface area contributed by atoms with E-state index < -0.39 is 0 Å². The zero-order valence-corrected chi connectivity index (χ0v) is 9.04. The summed E-state index contributed by atoms with van der Waals surface area (Å²) in [6.45, 7) is 0. The molecule has 0 saturated heterocycles. The monoisotopic (exact) mass is 226 g/mol. The molecule has 0 fully saturated rings. The fourth-order valence-corrected chi connectivity index (χ4v) is 1.79. The predicted octanol–water partition coefficient (Wildman–Crippen LogP) is 2.42. The average Bonchev–Trinajstić information content (AvgIpc) is 2.99. The average molecular weight is 226 g/mol. The zero-order chi connectivity index (χ0) is 11.7. The van der Waals surface area contributed by atoms with Crippen molar-refractivity contribution in [3.63, 3.8) is 0 Å². The number of hydrogen-bond acceptors (Lipinski definition) is 3. The first-order valence-electron chi connectivity index (χ1n) is 5.32. The molecule has 1 aromatic heterocycles. The van der Waals surface area contributed by atoms with E-state index in [0.29, 0.717) is 6.42 Å². The third-order valence-corrected chi connectivity index (χ3v) is 2.63. The Hall–Kier alpha value is -2.36. The van der Waals surface area contributed by atoms with Gasteiger partial charge < -0.3 is 4.42 Å². The van der Waals surface area contributed by atoms with Gasteiger partial charge in [0.2, 0.25) is 0 Å². The van der Waals surface area contributed by atoms with Crippen LogP contribution in [0.1, 0.15) is 12.0 Å². The third kappa shape index (κ3) is 1.73. The largest absolute Gasteiger partial charge is 0.472 e. The van der Waals surface area contributed by atoms with Gasteiger partial charge in [0.15, 0.2) is 0 Å². The molecule has 0 atom stereocenters. The van der Waals surface area contributed by atoms with Crippen molar-refractivity contribution < 1.29 is 9.21 Å². The fraction of sp³-hybridized carbons (Fsp3) is 0.0769. The number of carbonyl (C=O) groups is 1.